The van der Waals surface area contributed by atoms with E-state index in [0.29, 0.717) is 36.9 Å². The van der Waals surface area contributed by atoms with Gasteiger partial charge in [0, 0.05) is 13.1 Å². The smallest absolute Gasteiger partial charge is 0.407 e. The van der Waals surface area contributed by atoms with Crippen molar-refractivity contribution < 1.29 is 24.2 Å². The van der Waals surface area contributed by atoms with E-state index in [0.717, 1.165) is 12.8 Å². The van der Waals surface area contributed by atoms with E-state index in [2.05, 4.69) is 6.58 Å². The number of piperidine rings is 1. The predicted molar refractivity (Wildman–Crippen MR) is 84.7 cm³/mol. The lowest BCUT2D eigenvalue weighted by molar-refractivity contribution is 0.0549. The van der Waals surface area contributed by atoms with Gasteiger partial charge in [-0.3, -0.25) is 0 Å². The first-order valence-corrected chi connectivity index (χ1v) is 7.59. The van der Waals surface area contributed by atoms with Crippen molar-refractivity contribution in [1.29, 1.82) is 0 Å². The van der Waals surface area contributed by atoms with Crippen LogP contribution in [0.5, 0.6) is 5.75 Å². The largest absolute Gasteiger partial charge is 0.493 e. The average Bonchev–Trinajstić information content (AvgIpc) is 2.58. The van der Waals surface area contributed by atoms with Crippen molar-refractivity contribution in [1.82, 2.24) is 4.90 Å². The van der Waals surface area contributed by atoms with Crippen LogP contribution >= 0.6 is 0 Å². The maximum absolute atomic E-state index is 11.6. The van der Waals surface area contributed by atoms with Gasteiger partial charge in [0.05, 0.1) is 12.2 Å². The van der Waals surface area contributed by atoms with E-state index in [4.69, 9.17) is 14.6 Å². The van der Waals surface area contributed by atoms with E-state index in [9.17, 15) is 9.59 Å². The molecule has 0 saturated carbocycles. The Morgan fingerprint density at radius 1 is 1.26 bits per heavy atom. The Bertz CT molecular complexity index is 547. The SMILES string of the molecule is C=CCOC(=O)c1ccc(OCC2CCN(C(=O)O)CC2)cc1. The summed E-state index contributed by atoms with van der Waals surface area (Å²) in [6.45, 7) is 5.33. The molecule has 1 aliphatic heterocycles. The lowest BCUT2D eigenvalue weighted by atomic mass is 9.98. The molecule has 1 aliphatic rings. The summed E-state index contributed by atoms with van der Waals surface area (Å²) >= 11 is 0. The van der Waals surface area contributed by atoms with Crippen LogP contribution in [-0.4, -0.2) is 48.4 Å². The molecule has 1 aromatic rings. The van der Waals surface area contributed by atoms with Crippen molar-refractivity contribution in [3.05, 3.63) is 42.5 Å². The van der Waals surface area contributed by atoms with Crippen molar-refractivity contribution in [2.45, 2.75) is 12.8 Å². The highest BCUT2D eigenvalue weighted by Crippen LogP contribution is 2.20. The molecular formula is C17H21NO5. The molecule has 6 nitrogen and oxygen atoms in total. The molecular weight excluding hydrogens is 298 g/mol. The van der Waals surface area contributed by atoms with Crippen LogP contribution in [0.25, 0.3) is 0 Å². The van der Waals surface area contributed by atoms with Gasteiger partial charge in [-0.15, -0.1) is 0 Å². The molecule has 0 spiro atoms. The summed E-state index contributed by atoms with van der Waals surface area (Å²) in [6.07, 6.45) is 2.27. The predicted octanol–water partition coefficient (Wildman–Crippen LogP) is 2.80. The number of esters is 1. The number of rotatable bonds is 6. The highest BCUT2D eigenvalue weighted by atomic mass is 16.5. The summed E-state index contributed by atoms with van der Waals surface area (Å²) in [4.78, 5) is 23.9. The minimum absolute atomic E-state index is 0.187. The molecule has 2 rings (SSSR count). The Morgan fingerprint density at radius 3 is 2.48 bits per heavy atom. The van der Waals surface area contributed by atoms with Crippen LogP contribution in [0, 0.1) is 5.92 Å². The van der Waals surface area contributed by atoms with Crippen LogP contribution in [0.2, 0.25) is 0 Å². The number of carbonyl (C=O) groups excluding carboxylic acids is 1. The monoisotopic (exact) mass is 319 g/mol. The van der Waals surface area contributed by atoms with E-state index < -0.39 is 12.1 Å². The number of likely N-dealkylation sites (tertiary alicyclic amines) is 1. The fraction of sp³-hybridized carbons (Fsp3) is 0.412. The van der Waals surface area contributed by atoms with Crippen molar-refractivity contribution in [3.8, 4) is 5.75 Å². The molecule has 0 unspecified atom stereocenters. The Labute approximate surface area is 135 Å². The normalized spacial score (nSPS) is 15.0. The molecule has 124 valence electrons. The zero-order valence-electron chi connectivity index (χ0n) is 12.9. The number of nitrogens with zero attached hydrogens (tertiary/aromatic N) is 1. The first-order chi connectivity index (χ1) is 11.1. The molecule has 0 radical (unpaired) electrons. The number of hydrogen-bond acceptors (Lipinski definition) is 4. The maximum Gasteiger partial charge on any atom is 0.407 e. The third kappa shape index (κ3) is 5.02. The Balaban J connectivity index is 1.77. The Kier molecular flexibility index (Phi) is 6.02. The summed E-state index contributed by atoms with van der Waals surface area (Å²) < 4.78 is 10.7. The zero-order valence-corrected chi connectivity index (χ0v) is 12.9. The summed E-state index contributed by atoms with van der Waals surface area (Å²) in [5.74, 6) is 0.645. The Hall–Kier alpha value is -2.50. The standard InChI is InChI=1S/C17H21NO5/c1-2-11-22-16(19)14-3-5-15(6-4-14)23-12-13-7-9-18(10-8-13)17(20)21/h2-6,13H,1,7-12H2,(H,20,21). The third-order valence-electron chi connectivity index (χ3n) is 3.79. The van der Waals surface area contributed by atoms with Crippen molar-refractivity contribution in [2.75, 3.05) is 26.3 Å². The molecule has 0 aliphatic carbocycles. The zero-order chi connectivity index (χ0) is 16.7. The van der Waals surface area contributed by atoms with Crippen LogP contribution in [0.1, 0.15) is 23.2 Å². The number of benzene rings is 1. The van der Waals surface area contributed by atoms with Crippen molar-refractivity contribution >= 4 is 12.1 Å². The van der Waals surface area contributed by atoms with Gasteiger partial charge in [-0.2, -0.15) is 0 Å². The third-order valence-corrected chi connectivity index (χ3v) is 3.79. The topological polar surface area (TPSA) is 76.1 Å². The van der Waals surface area contributed by atoms with Gasteiger partial charge in [0.15, 0.2) is 0 Å². The summed E-state index contributed by atoms with van der Waals surface area (Å²) in [5, 5.41) is 8.91. The second-order valence-corrected chi connectivity index (χ2v) is 5.44. The summed E-state index contributed by atoms with van der Waals surface area (Å²) in [7, 11) is 0. The van der Waals surface area contributed by atoms with Crippen LogP contribution in [0.3, 0.4) is 0 Å². The molecule has 1 amide bonds. The maximum atomic E-state index is 11.6. The highest BCUT2D eigenvalue weighted by Gasteiger charge is 2.22. The lowest BCUT2D eigenvalue weighted by Crippen LogP contribution is -2.38. The molecule has 0 bridgehead atoms. The van der Waals surface area contributed by atoms with Crippen LogP contribution in [0.4, 0.5) is 4.79 Å². The van der Waals surface area contributed by atoms with Gasteiger partial charge >= 0.3 is 12.1 Å². The van der Waals surface area contributed by atoms with Crippen molar-refractivity contribution in [3.63, 3.8) is 0 Å². The Morgan fingerprint density at radius 2 is 1.91 bits per heavy atom. The minimum Gasteiger partial charge on any atom is -0.493 e. The first kappa shape index (κ1) is 16.9. The van der Waals surface area contributed by atoms with E-state index >= 15 is 0 Å². The number of ether oxygens (including phenoxy) is 2. The van der Waals surface area contributed by atoms with Crippen LogP contribution in [-0.2, 0) is 4.74 Å². The van der Waals surface area contributed by atoms with E-state index in [1.165, 1.54) is 11.0 Å². The van der Waals surface area contributed by atoms with Gasteiger partial charge in [0.1, 0.15) is 12.4 Å². The molecule has 1 N–H and O–H groups in total. The van der Waals surface area contributed by atoms with Gasteiger partial charge in [-0.1, -0.05) is 12.7 Å². The fourth-order valence-corrected chi connectivity index (χ4v) is 2.41. The van der Waals surface area contributed by atoms with E-state index in [-0.39, 0.29) is 6.61 Å². The fourth-order valence-electron chi connectivity index (χ4n) is 2.41. The number of carboxylic acid groups (broad SMARTS) is 1. The van der Waals surface area contributed by atoms with E-state index in [1.54, 1.807) is 24.3 Å². The minimum atomic E-state index is -0.858. The van der Waals surface area contributed by atoms with Crippen molar-refractivity contribution in [2.24, 2.45) is 5.92 Å². The molecule has 1 fully saturated rings. The molecule has 0 aromatic heterocycles. The number of carbonyl (C=O) groups is 2. The van der Waals surface area contributed by atoms with Crippen LogP contribution < -0.4 is 4.74 Å². The molecule has 0 atom stereocenters. The van der Waals surface area contributed by atoms with Gasteiger partial charge < -0.3 is 19.5 Å². The second-order valence-electron chi connectivity index (χ2n) is 5.44. The summed E-state index contributed by atoms with van der Waals surface area (Å²) in [6, 6.07) is 6.79. The highest BCUT2D eigenvalue weighted by molar-refractivity contribution is 5.89. The average molecular weight is 319 g/mol. The van der Waals surface area contributed by atoms with E-state index in [1.807, 2.05) is 0 Å². The first-order valence-electron chi connectivity index (χ1n) is 7.59. The summed E-state index contributed by atoms with van der Waals surface area (Å²) in [5.41, 5.74) is 0.467. The lowest BCUT2D eigenvalue weighted by Gasteiger charge is -2.29. The molecule has 23 heavy (non-hydrogen) atoms. The second kappa shape index (κ2) is 8.22. The van der Waals surface area contributed by atoms with Gasteiger partial charge in [-0.25, -0.2) is 9.59 Å². The quantitative estimate of drug-likeness (QED) is 0.644. The van der Waals surface area contributed by atoms with Gasteiger partial charge in [0.2, 0.25) is 0 Å². The number of hydrogen-bond donors (Lipinski definition) is 1. The molecule has 1 heterocycles. The van der Waals surface area contributed by atoms with Gasteiger partial charge in [0.25, 0.3) is 0 Å². The van der Waals surface area contributed by atoms with Gasteiger partial charge in [-0.05, 0) is 43.0 Å². The molecule has 1 aromatic carbocycles. The van der Waals surface area contributed by atoms with Crippen LogP contribution in [0.15, 0.2) is 36.9 Å². The number of amides is 1. The molecule has 1 saturated heterocycles. The molecule has 6 heteroatoms.